The van der Waals surface area contributed by atoms with E-state index in [4.69, 9.17) is 23.7 Å². The highest BCUT2D eigenvalue weighted by Gasteiger charge is 2.42. The van der Waals surface area contributed by atoms with E-state index in [0.29, 0.717) is 0 Å². The number of aliphatic hydroxyl groups is 1. The predicted octanol–water partition coefficient (Wildman–Crippen LogP) is 7.12. The lowest BCUT2D eigenvalue weighted by Crippen LogP contribution is -2.37. The van der Waals surface area contributed by atoms with Gasteiger partial charge >= 0.3 is 0 Å². The molecule has 2 atom stereocenters. The topological polar surface area (TPSA) is 69.6 Å². The summed E-state index contributed by atoms with van der Waals surface area (Å²) in [5.74, 6) is 2.27. The van der Waals surface area contributed by atoms with Gasteiger partial charge in [0.05, 0.1) is 40.6 Å². The highest BCUT2D eigenvalue weighted by Crippen LogP contribution is 2.57. The highest BCUT2D eigenvalue weighted by atomic mass is 16.5. The molecule has 0 bridgehead atoms. The number of anilines is 1. The van der Waals surface area contributed by atoms with Crippen molar-refractivity contribution in [3.63, 3.8) is 0 Å². The molecule has 1 fully saturated rings. The van der Waals surface area contributed by atoms with Gasteiger partial charge in [-0.05, 0) is 70.6 Å². The van der Waals surface area contributed by atoms with Crippen molar-refractivity contribution in [2.24, 2.45) is 0 Å². The van der Waals surface area contributed by atoms with Crippen molar-refractivity contribution in [1.29, 1.82) is 0 Å². The number of rotatable bonds is 8. The first kappa shape index (κ1) is 29.6. The SMILES string of the molecule is COc1ccc2c(c1)C(OCCO)c1c3c(c4cc(OC)ccc4c1-2)OC(c1ccccc1)(c1ccc(N2CCOCC2)cc1)C=C3. The lowest BCUT2D eigenvalue weighted by Gasteiger charge is -2.38. The van der Waals surface area contributed by atoms with Crippen LogP contribution in [-0.2, 0) is 15.1 Å². The minimum atomic E-state index is -0.891. The van der Waals surface area contributed by atoms with Gasteiger partial charge in [-0.2, -0.15) is 0 Å². The summed E-state index contributed by atoms with van der Waals surface area (Å²) in [6.07, 6.45) is 3.96. The number of fused-ring (bicyclic) bond motifs is 8. The van der Waals surface area contributed by atoms with Gasteiger partial charge in [-0.15, -0.1) is 0 Å². The second-order valence-electron chi connectivity index (χ2n) is 12.1. The molecule has 2 unspecified atom stereocenters. The largest absolute Gasteiger partial charge is 0.497 e. The van der Waals surface area contributed by atoms with Crippen molar-refractivity contribution in [2.45, 2.75) is 11.7 Å². The van der Waals surface area contributed by atoms with Crippen LogP contribution in [-0.4, -0.2) is 58.8 Å². The summed E-state index contributed by atoms with van der Waals surface area (Å²) in [5.41, 5.74) is 7.49. The zero-order chi connectivity index (χ0) is 32.0. The average molecular weight is 628 g/mol. The zero-order valence-corrected chi connectivity index (χ0v) is 26.6. The van der Waals surface area contributed by atoms with E-state index >= 15 is 0 Å². The van der Waals surface area contributed by atoms with Gasteiger partial charge in [0.1, 0.15) is 23.4 Å². The Kier molecular flexibility index (Phi) is 7.60. The van der Waals surface area contributed by atoms with Gasteiger partial charge in [-0.25, -0.2) is 0 Å². The van der Waals surface area contributed by atoms with Gasteiger partial charge in [-0.3, -0.25) is 0 Å². The molecule has 238 valence electrons. The molecule has 0 radical (unpaired) electrons. The van der Waals surface area contributed by atoms with Crippen LogP contribution in [0.25, 0.3) is 28.0 Å². The summed E-state index contributed by atoms with van der Waals surface area (Å²) in [6, 6.07) is 31.4. The van der Waals surface area contributed by atoms with Crippen molar-refractivity contribution in [3.05, 3.63) is 125 Å². The van der Waals surface area contributed by atoms with Crippen LogP contribution < -0.4 is 19.1 Å². The molecule has 5 aromatic rings. The van der Waals surface area contributed by atoms with E-state index in [0.717, 1.165) is 93.3 Å². The van der Waals surface area contributed by atoms with Gasteiger partial charge in [0.2, 0.25) is 0 Å². The number of morpholine rings is 1. The van der Waals surface area contributed by atoms with E-state index in [2.05, 4.69) is 83.8 Å². The Morgan fingerprint density at radius 1 is 0.830 bits per heavy atom. The predicted molar refractivity (Wildman–Crippen MR) is 184 cm³/mol. The molecular weight excluding hydrogens is 590 g/mol. The van der Waals surface area contributed by atoms with Crippen LogP contribution in [0.1, 0.15) is 33.9 Å². The summed E-state index contributed by atoms with van der Waals surface area (Å²) < 4.78 is 30.8. The number of methoxy groups -OCH3 is 2. The molecular formula is C40H37NO6. The smallest absolute Gasteiger partial charge is 0.178 e. The van der Waals surface area contributed by atoms with E-state index in [-0.39, 0.29) is 13.2 Å². The molecule has 0 spiro atoms. The number of hydrogen-bond acceptors (Lipinski definition) is 7. The van der Waals surface area contributed by atoms with Crippen molar-refractivity contribution in [1.82, 2.24) is 0 Å². The van der Waals surface area contributed by atoms with Gasteiger partial charge < -0.3 is 33.7 Å². The van der Waals surface area contributed by atoms with Crippen molar-refractivity contribution >= 4 is 22.5 Å². The molecule has 0 saturated carbocycles. The van der Waals surface area contributed by atoms with Gasteiger partial charge in [-0.1, -0.05) is 54.6 Å². The quantitative estimate of drug-likeness (QED) is 0.197. The molecule has 8 rings (SSSR count). The highest BCUT2D eigenvalue weighted by molar-refractivity contribution is 6.08. The Labute approximate surface area is 274 Å². The molecule has 47 heavy (non-hydrogen) atoms. The van der Waals surface area contributed by atoms with E-state index < -0.39 is 11.7 Å². The zero-order valence-electron chi connectivity index (χ0n) is 26.6. The first-order valence-electron chi connectivity index (χ1n) is 16.1. The monoisotopic (exact) mass is 627 g/mol. The normalized spacial score (nSPS) is 19.6. The fourth-order valence-corrected chi connectivity index (χ4v) is 7.35. The van der Waals surface area contributed by atoms with Crippen molar-refractivity contribution in [2.75, 3.05) is 58.6 Å². The molecule has 2 aliphatic heterocycles. The lowest BCUT2D eigenvalue weighted by molar-refractivity contribution is 0.0519. The van der Waals surface area contributed by atoms with Gasteiger partial charge in [0.25, 0.3) is 0 Å². The second kappa shape index (κ2) is 12.1. The van der Waals surface area contributed by atoms with Crippen LogP contribution in [0.5, 0.6) is 17.2 Å². The summed E-state index contributed by atoms with van der Waals surface area (Å²) >= 11 is 0. The Morgan fingerprint density at radius 3 is 2.30 bits per heavy atom. The summed E-state index contributed by atoms with van der Waals surface area (Å²) in [6.45, 7) is 3.34. The first-order chi connectivity index (χ1) is 23.1. The molecule has 0 amide bonds. The van der Waals surface area contributed by atoms with Crippen molar-refractivity contribution in [3.8, 4) is 28.4 Å². The number of nitrogens with zero attached hydrogens (tertiary/aromatic N) is 1. The van der Waals surface area contributed by atoms with Crippen LogP contribution in [0.3, 0.4) is 0 Å². The molecule has 1 saturated heterocycles. The minimum Gasteiger partial charge on any atom is -0.497 e. The third kappa shape index (κ3) is 4.85. The lowest BCUT2D eigenvalue weighted by atomic mass is 9.81. The van der Waals surface area contributed by atoms with Gasteiger partial charge in [0, 0.05) is 46.4 Å². The molecule has 7 heteroatoms. The number of aliphatic hydroxyl groups excluding tert-OH is 1. The van der Waals surface area contributed by atoms with E-state index in [9.17, 15) is 5.11 Å². The molecule has 2 heterocycles. The number of hydrogen-bond donors (Lipinski definition) is 1. The Hall–Kier alpha value is -4.82. The fourth-order valence-electron chi connectivity index (χ4n) is 7.35. The van der Waals surface area contributed by atoms with E-state index in [1.165, 1.54) is 5.69 Å². The molecule has 7 nitrogen and oxygen atoms in total. The molecule has 3 aliphatic rings. The number of ether oxygens (including phenoxy) is 5. The Balaban J connectivity index is 1.35. The van der Waals surface area contributed by atoms with Crippen LogP contribution in [0.15, 0.2) is 97.1 Å². The molecule has 1 aliphatic carbocycles. The maximum atomic E-state index is 9.80. The van der Waals surface area contributed by atoms with Crippen molar-refractivity contribution < 1.29 is 28.8 Å². The summed E-state index contributed by atoms with van der Waals surface area (Å²) in [5, 5.41) is 11.8. The standard InChI is InChI=1S/C40H37NO6/c1-43-29-12-14-31-34(24-29)38-33(37-36(31)32-15-13-30(44-2)25-35(32)39(37)46-23-20-42)16-17-40(47-38,26-6-4-3-5-7-26)27-8-10-28(11-9-27)41-18-21-45-22-19-41/h3-17,24-25,39,42H,18-23H2,1-2H3. The molecule has 5 aromatic carbocycles. The van der Waals surface area contributed by atoms with Crippen LogP contribution >= 0.6 is 0 Å². The minimum absolute atomic E-state index is 0.0813. The maximum Gasteiger partial charge on any atom is 0.178 e. The molecule has 0 aromatic heterocycles. The molecule has 1 N–H and O–H groups in total. The third-order valence-corrected chi connectivity index (χ3v) is 9.62. The maximum absolute atomic E-state index is 9.80. The first-order valence-corrected chi connectivity index (χ1v) is 16.1. The number of benzene rings is 5. The Bertz CT molecular complexity index is 1970. The summed E-state index contributed by atoms with van der Waals surface area (Å²) in [4.78, 5) is 2.36. The van der Waals surface area contributed by atoms with Gasteiger partial charge in [0.15, 0.2) is 5.60 Å². The van der Waals surface area contributed by atoms with E-state index in [1.807, 2.05) is 24.3 Å². The van der Waals surface area contributed by atoms with Crippen LogP contribution in [0.4, 0.5) is 5.69 Å². The summed E-state index contributed by atoms with van der Waals surface area (Å²) in [7, 11) is 3.36. The van der Waals surface area contributed by atoms with E-state index in [1.54, 1.807) is 14.2 Å². The average Bonchev–Trinajstić information content (AvgIpc) is 3.47. The van der Waals surface area contributed by atoms with Crippen LogP contribution in [0, 0.1) is 0 Å². The van der Waals surface area contributed by atoms with Crippen LogP contribution in [0.2, 0.25) is 0 Å². The third-order valence-electron chi connectivity index (χ3n) is 9.62. The fraction of sp³-hybridized carbons (Fsp3) is 0.250. The second-order valence-corrected chi connectivity index (χ2v) is 12.1. The Morgan fingerprint density at radius 2 is 1.55 bits per heavy atom.